The Balaban J connectivity index is 2.50. The highest BCUT2D eigenvalue weighted by Crippen LogP contribution is 2.29. The van der Waals surface area contributed by atoms with E-state index in [-0.39, 0.29) is 0 Å². The van der Waals surface area contributed by atoms with Gasteiger partial charge in [0.1, 0.15) is 0 Å². The lowest BCUT2D eigenvalue weighted by Crippen LogP contribution is -1.99. The molecule has 0 bridgehead atoms. The summed E-state index contributed by atoms with van der Waals surface area (Å²) in [4.78, 5) is 3.24. The molecule has 0 aliphatic carbocycles. The zero-order chi connectivity index (χ0) is 13.6. The number of hydrogen-bond donors (Lipinski definition) is 1. The summed E-state index contributed by atoms with van der Waals surface area (Å²) in [5.41, 5.74) is 5.35. The van der Waals surface area contributed by atoms with Crippen molar-refractivity contribution in [3.05, 3.63) is 57.3 Å². The van der Waals surface area contributed by atoms with Gasteiger partial charge in [0.2, 0.25) is 0 Å². The molecule has 96 valence electrons. The van der Waals surface area contributed by atoms with Gasteiger partial charge in [-0.05, 0) is 49.3 Å². The summed E-state index contributed by atoms with van der Waals surface area (Å²) in [6.45, 7) is 4.12. The van der Waals surface area contributed by atoms with E-state index in [0.717, 1.165) is 22.3 Å². The highest BCUT2D eigenvalue weighted by Gasteiger charge is 2.13. The Bertz CT molecular complexity index is 810. The van der Waals surface area contributed by atoms with E-state index in [2.05, 4.69) is 18.0 Å². The Labute approximate surface area is 121 Å². The van der Waals surface area contributed by atoms with Gasteiger partial charge in [0.05, 0.1) is 21.7 Å². The Hall–Kier alpha value is -1.58. The van der Waals surface area contributed by atoms with Gasteiger partial charge in [0.25, 0.3) is 0 Å². The van der Waals surface area contributed by atoms with Crippen LogP contribution >= 0.6 is 23.8 Å². The minimum Gasteiger partial charge on any atom is -0.330 e. The van der Waals surface area contributed by atoms with Crippen molar-refractivity contribution in [2.45, 2.75) is 13.8 Å². The van der Waals surface area contributed by atoms with Crippen LogP contribution in [0.2, 0.25) is 5.02 Å². The van der Waals surface area contributed by atoms with Crippen LogP contribution in [0.4, 0.5) is 0 Å². The SMILES string of the molecule is Cc1cccc(Cl)c1-n1c(=S)[nH]c2cccc(C)c21. The van der Waals surface area contributed by atoms with E-state index in [9.17, 15) is 0 Å². The number of aromatic nitrogens is 2. The molecule has 0 amide bonds. The van der Waals surface area contributed by atoms with E-state index in [1.165, 1.54) is 5.56 Å². The summed E-state index contributed by atoms with van der Waals surface area (Å²) in [6.07, 6.45) is 0. The zero-order valence-electron chi connectivity index (χ0n) is 10.7. The van der Waals surface area contributed by atoms with Crippen molar-refractivity contribution in [2.75, 3.05) is 0 Å². The quantitative estimate of drug-likeness (QED) is 0.628. The first-order valence-electron chi connectivity index (χ1n) is 6.05. The van der Waals surface area contributed by atoms with Gasteiger partial charge < -0.3 is 4.98 Å². The molecule has 1 heterocycles. The number of nitrogens with zero attached hydrogens (tertiary/aromatic N) is 1. The predicted molar refractivity (Wildman–Crippen MR) is 82.9 cm³/mol. The summed E-state index contributed by atoms with van der Waals surface area (Å²) in [6, 6.07) is 12.0. The van der Waals surface area contributed by atoms with Gasteiger partial charge in [-0.1, -0.05) is 35.9 Å². The van der Waals surface area contributed by atoms with Crippen LogP contribution < -0.4 is 0 Å². The van der Waals surface area contributed by atoms with E-state index in [1.807, 2.05) is 41.8 Å². The van der Waals surface area contributed by atoms with Crippen LogP contribution in [0.15, 0.2) is 36.4 Å². The highest BCUT2D eigenvalue weighted by molar-refractivity contribution is 7.71. The summed E-state index contributed by atoms with van der Waals surface area (Å²) in [5, 5.41) is 0.709. The zero-order valence-corrected chi connectivity index (χ0v) is 12.3. The minimum atomic E-state index is 0.667. The Kier molecular flexibility index (Phi) is 2.96. The summed E-state index contributed by atoms with van der Waals surface area (Å²) in [7, 11) is 0. The molecule has 0 spiro atoms. The molecule has 1 N–H and O–H groups in total. The van der Waals surface area contributed by atoms with E-state index in [0.29, 0.717) is 9.79 Å². The van der Waals surface area contributed by atoms with Crippen LogP contribution in [-0.4, -0.2) is 9.55 Å². The third-order valence-electron chi connectivity index (χ3n) is 3.32. The molecule has 2 nitrogen and oxygen atoms in total. The number of para-hydroxylation sites is 2. The van der Waals surface area contributed by atoms with Gasteiger partial charge in [-0.15, -0.1) is 0 Å². The molecule has 0 unspecified atom stereocenters. The molecule has 0 saturated heterocycles. The van der Waals surface area contributed by atoms with Crippen molar-refractivity contribution in [1.29, 1.82) is 0 Å². The van der Waals surface area contributed by atoms with Crippen molar-refractivity contribution < 1.29 is 0 Å². The van der Waals surface area contributed by atoms with Gasteiger partial charge in [-0.25, -0.2) is 0 Å². The first-order chi connectivity index (χ1) is 9.09. The first-order valence-corrected chi connectivity index (χ1v) is 6.84. The number of fused-ring (bicyclic) bond motifs is 1. The predicted octanol–water partition coefficient (Wildman–Crippen LogP) is 4.96. The number of nitrogens with one attached hydrogen (secondary N) is 1. The minimum absolute atomic E-state index is 0.667. The smallest absolute Gasteiger partial charge is 0.182 e. The number of aryl methyl sites for hydroxylation is 2. The van der Waals surface area contributed by atoms with Crippen molar-refractivity contribution in [3.63, 3.8) is 0 Å². The maximum Gasteiger partial charge on any atom is 0.182 e. The van der Waals surface area contributed by atoms with Gasteiger partial charge in [0.15, 0.2) is 4.77 Å². The van der Waals surface area contributed by atoms with Crippen LogP contribution in [-0.2, 0) is 0 Å². The fraction of sp³-hybridized carbons (Fsp3) is 0.133. The third kappa shape index (κ3) is 1.90. The van der Waals surface area contributed by atoms with Crippen LogP contribution in [0.3, 0.4) is 0 Å². The fourth-order valence-corrected chi connectivity index (χ4v) is 3.05. The molecular weight excluding hydrogens is 276 g/mol. The lowest BCUT2D eigenvalue weighted by atomic mass is 10.1. The summed E-state index contributed by atoms with van der Waals surface area (Å²) < 4.78 is 2.69. The molecule has 0 aliphatic rings. The van der Waals surface area contributed by atoms with E-state index in [4.69, 9.17) is 23.8 Å². The number of aromatic amines is 1. The van der Waals surface area contributed by atoms with Crippen molar-refractivity contribution in [3.8, 4) is 5.69 Å². The maximum absolute atomic E-state index is 6.36. The van der Waals surface area contributed by atoms with Crippen LogP contribution in [0.1, 0.15) is 11.1 Å². The molecule has 0 atom stereocenters. The van der Waals surface area contributed by atoms with Gasteiger partial charge in [-0.2, -0.15) is 0 Å². The van der Waals surface area contributed by atoms with Crippen molar-refractivity contribution >= 4 is 34.9 Å². The second-order valence-corrected chi connectivity index (χ2v) is 5.44. The second kappa shape index (κ2) is 4.51. The Morgan fingerprint density at radius 3 is 2.47 bits per heavy atom. The molecule has 4 heteroatoms. The molecular formula is C15H13ClN2S. The van der Waals surface area contributed by atoms with Crippen LogP contribution in [0, 0.1) is 18.6 Å². The molecule has 0 saturated carbocycles. The largest absolute Gasteiger partial charge is 0.330 e. The number of imidazole rings is 1. The average molecular weight is 289 g/mol. The average Bonchev–Trinajstić information content (AvgIpc) is 2.67. The van der Waals surface area contributed by atoms with Crippen molar-refractivity contribution in [2.24, 2.45) is 0 Å². The van der Waals surface area contributed by atoms with Crippen molar-refractivity contribution in [1.82, 2.24) is 9.55 Å². The van der Waals surface area contributed by atoms with Gasteiger partial charge >= 0.3 is 0 Å². The molecule has 1 aromatic heterocycles. The molecule has 19 heavy (non-hydrogen) atoms. The Morgan fingerprint density at radius 2 is 1.74 bits per heavy atom. The standard InChI is InChI=1S/C15H13ClN2S/c1-9-5-3-7-11(16)13(9)18-14-10(2)6-4-8-12(14)17-15(18)19/h3-8H,1-2H3,(H,17,19). The van der Waals surface area contributed by atoms with E-state index < -0.39 is 0 Å². The van der Waals surface area contributed by atoms with E-state index >= 15 is 0 Å². The summed E-state index contributed by atoms with van der Waals surface area (Å²) >= 11 is 11.8. The lowest BCUT2D eigenvalue weighted by molar-refractivity contribution is 1.04. The molecule has 2 aromatic carbocycles. The number of H-pyrrole nitrogens is 1. The fourth-order valence-electron chi connectivity index (χ4n) is 2.45. The molecule has 0 fully saturated rings. The van der Waals surface area contributed by atoms with Crippen LogP contribution in [0.5, 0.6) is 0 Å². The monoisotopic (exact) mass is 288 g/mol. The number of halogens is 1. The molecule has 3 rings (SSSR count). The molecule has 0 aliphatic heterocycles. The maximum atomic E-state index is 6.36. The lowest BCUT2D eigenvalue weighted by Gasteiger charge is -2.11. The van der Waals surface area contributed by atoms with E-state index in [1.54, 1.807) is 0 Å². The first kappa shape index (κ1) is 12.5. The number of rotatable bonds is 1. The van der Waals surface area contributed by atoms with Crippen LogP contribution in [0.25, 0.3) is 16.7 Å². The van der Waals surface area contributed by atoms with Gasteiger partial charge in [0, 0.05) is 0 Å². The highest BCUT2D eigenvalue weighted by atomic mass is 35.5. The van der Waals surface area contributed by atoms with Gasteiger partial charge in [-0.3, -0.25) is 4.57 Å². The molecule has 3 aromatic rings. The second-order valence-electron chi connectivity index (χ2n) is 4.64. The third-order valence-corrected chi connectivity index (χ3v) is 3.91. The topological polar surface area (TPSA) is 20.7 Å². The molecule has 0 radical (unpaired) electrons. The number of hydrogen-bond acceptors (Lipinski definition) is 1. The Morgan fingerprint density at radius 1 is 1.05 bits per heavy atom. The number of benzene rings is 2. The summed E-state index contributed by atoms with van der Waals surface area (Å²) in [5.74, 6) is 0. The normalized spacial score (nSPS) is 11.1.